The van der Waals surface area contributed by atoms with Crippen LogP contribution in [0, 0.1) is 6.92 Å². The lowest BCUT2D eigenvalue weighted by Crippen LogP contribution is -2.49. The first-order valence-corrected chi connectivity index (χ1v) is 12.5. The summed E-state index contributed by atoms with van der Waals surface area (Å²) >= 11 is 0. The molecule has 13 heteroatoms. The van der Waals surface area contributed by atoms with Gasteiger partial charge in [-0.25, -0.2) is 13.2 Å². The van der Waals surface area contributed by atoms with Gasteiger partial charge in [0.15, 0.2) is 0 Å². The molecule has 1 aromatic carbocycles. The highest BCUT2D eigenvalue weighted by atomic mass is 32.2. The Balaban J connectivity index is 0.000000509. The van der Waals surface area contributed by atoms with Gasteiger partial charge in [0.25, 0.3) is 5.91 Å². The molecule has 2 heterocycles. The molecule has 1 amide bonds. The molecule has 192 valence electrons. The number of rotatable bonds is 7. The Kier molecular flexibility index (Phi) is 10.3. The van der Waals surface area contributed by atoms with Crippen LogP contribution in [0.25, 0.3) is 0 Å². The normalized spacial score (nSPS) is 19.2. The molecule has 2 N–H and O–H groups in total. The van der Waals surface area contributed by atoms with E-state index in [0.29, 0.717) is 44.9 Å². The SMILES string of the molecule is Cc1ccc(C(=O)N(CCS(=O)(=O)N2CCNCC2)CC2CCCO2)cc1.O=C(O)C(F)(F)F. The van der Waals surface area contributed by atoms with Crippen molar-refractivity contribution in [3.05, 3.63) is 35.4 Å². The van der Waals surface area contributed by atoms with Crippen molar-refractivity contribution >= 4 is 21.9 Å². The van der Waals surface area contributed by atoms with Gasteiger partial charge in [-0.05, 0) is 31.9 Å². The number of carboxylic acid groups (broad SMARTS) is 1. The lowest BCUT2D eigenvalue weighted by molar-refractivity contribution is -0.192. The van der Waals surface area contributed by atoms with Crippen molar-refractivity contribution in [3.8, 4) is 0 Å². The summed E-state index contributed by atoms with van der Waals surface area (Å²) in [6, 6.07) is 7.39. The van der Waals surface area contributed by atoms with Crippen LogP contribution >= 0.6 is 0 Å². The molecule has 1 atom stereocenters. The minimum Gasteiger partial charge on any atom is -0.475 e. The van der Waals surface area contributed by atoms with Crippen LogP contribution in [0.4, 0.5) is 13.2 Å². The quantitative estimate of drug-likeness (QED) is 0.572. The summed E-state index contributed by atoms with van der Waals surface area (Å²) in [5.41, 5.74) is 1.66. The van der Waals surface area contributed by atoms with E-state index in [2.05, 4.69) is 5.32 Å². The molecule has 0 bridgehead atoms. The van der Waals surface area contributed by atoms with Gasteiger partial charge in [-0.2, -0.15) is 17.5 Å². The van der Waals surface area contributed by atoms with E-state index in [1.807, 2.05) is 19.1 Å². The van der Waals surface area contributed by atoms with Crippen molar-refractivity contribution in [3.63, 3.8) is 0 Å². The highest BCUT2D eigenvalue weighted by Gasteiger charge is 2.38. The maximum atomic E-state index is 13.0. The van der Waals surface area contributed by atoms with Crippen molar-refractivity contribution in [1.82, 2.24) is 14.5 Å². The highest BCUT2D eigenvalue weighted by Crippen LogP contribution is 2.16. The molecule has 1 aromatic rings. The first-order valence-electron chi connectivity index (χ1n) is 10.9. The van der Waals surface area contributed by atoms with E-state index < -0.39 is 22.2 Å². The number of benzene rings is 1. The molecule has 0 aliphatic carbocycles. The molecule has 1 unspecified atom stereocenters. The number of hydrogen-bond donors (Lipinski definition) is 2. The number of amides is 1. The van der Waals surface area contributed by atoms with Crippen LogP contribution in [0.15, 0.2) is 24.3 Å². The lowest BCUT2D eigenvalue weighted by Gasteiger charge is -2.29. The van der Waals surface area contributed by atoms with Crippen LogP contribution in [0.5, 0.6) is 0 Å². The third kappa shape index (κ3) is 8.85. The van der Waals surface area contributed by atoms with Crippen LogP contribution in [0.3, 0.4) is 0 Å². The number of aliphatic carboxylic acids is 1. The molecule has 0 spiro atoms. The summed E-state index contributed by atoms with van der Waals surface area (Å²) in [6.07, 6.45) is -3.21. The number of nitrogens with one attached hydrogen (secondary N) is 1. The average molecular weight is 510 g/mol. The largest absolute Gasteiger partial charge is 0.490 e. The summed E-state index contributed by atoms with van der Waals surface area (Å²) in [6.45, 7) is 5.60. The van der Waals surface area contributed by atoms with E-state index in [1.165, 1.54) is 4.31 Å². The first kappa shape index (κ1) is 28.0. The summed E-state index contributed by atoms with van der Waals surface area (Å²) in [4.78, 5) is 23.5. The number of halogens is 3. The Morgan fingerprint density at radius 3 is 2.29 bits per heavy atom. The number of carboxylic acids is 1. The van der Waals surface area contributed by atoms with Gasteiger partial charge in [-0.3, -0.25) is 4.79 Å². The summed E-state index contributed by atoms with van der Waals surface area (Å²) in [5, 5.41) is 10.3. The zero-order valence-electron chi connectivity index (χ0n) is 18.9. The number of piperazine rings is 1. The molecular weight excluding hydrogens is 479 g/mol. The number of aryl methyl sites for hydroxylation is 1. The van der Waals surface area contributed by atoms with Crippen LogP contribution < -0.4 is 5.32 Å². The molecule has 0 aromatic heterocycles. The lowest BCUT2D eigenvalue weighted by atomic mass is 10.1. The van der Waals surface area contributed by atoms with Crippen molar-refractivity contribution in [2.75, 3.05) is 51.6 Å². The van der Waals surface area contributed by atoms with Gasteiger partial charge >= 0.3 is 12.1 Å². The summed E-state index contributed by atoms with van der Waals surface area (Å²) in [7, 11) is -3.38. The van der Waals surface area contributed by atoms with Gasteiger partial charge < -0.3 is 20.1 Å². The van der Waals surface area contributed by atoms with E-state index in [9.17, 15) is 26.4 Å². The second kappa shape index (κ2) is 12.5. The fraction of sp³-hybridized carbons (Fsp3) is 0.619. The second-order valence-corrected chi connectivity index (χ2v) is 10.1. The fourth-order valence-corrected chi connectivity index (χ4v) is 4.91. The molecule has 3 rings (SSSR count). The average Bonchev–Trinajstić information content (AvgIpc) is 3.30. The molecule has 0 saturated carbocycles. The van der Waals surface area contributed by atoms with Crippen molar-refractivity contribution in [2.24, 2.45) is 0 Å². The maximum absolute atomic E-state index is 13.0. The van der Waals surface area contributed by atoms with E-state index in [1.54, 1.807) is 17.0 Å². The number of carbonyl (C=O) groups excluding carboxylic acids is 1. The van der Waals surface area contributed by atoms with Crippen molar-refractivity contribution in [2.45, 2.75) is 32.0 Å². The van der Waals surface area contributed by atoms with Gasteiger partial charge in [0, 0.05) is 51.4 Å². The van der Waals surface area contributed by atoms with Crippen LogP contribution in [0.2, 0.25) is 0 Å². The third-order valence-electron chi connectivity index (χ3n) is 5.36. The Bertz CT molecular complexity index is 913. The molecule has 0 radical (unpaired) electrons. The van der Waals surface area contributed by atoms with Crippen LogP contribution in [0.1, 0.15) is 28.8 Å². The van der Waals surface area contributed by atoms with Gasteiger partial charge in [-0.15, -0.1) is 0 Å². The van der Waals surface area contributed by atoms with E-state index in [0.717, 1.165) is 18.4 Å². The number of alkyl halides is 3. The maximum Gasteiger partial charge on any atom is 0.490 e. The predicted molar refractivity (Wildman–Crippen MR) is 118 cm³/mol. The molecular formula is C21H30F3N3O6S. The van der Waals surface area contributed by atoms with Gasteiger partial charge in [0.1, 0.15) is 0 Å². The molecule has 34 heavy (non-hydrogen) atoms. The van der Waals surface area contributed by atoms with Crippen LogP contribution in [-0.4, -0.2) is 98.5 Å². The van der Waals surface area contributed by atoms with Crippen LogP contribution in [-0.2, 0) is 19.6 Å². The van der Waals surface area contributed by atoms with E-state index >= 15 is 0 Å². The van der Waals surface area contributed by atoms with Crippen molar-refractivity contribution < 1.29 is 41.0 Å². The third-order valence-corrected chi connectivity index (χ3v) is 7.22. The standard InChI is InChI=1S/C19H29N3O4S.C2HF3O2/c1-16-4-6-17(7-5-16)19(23)21(15-18-3-2-13-26-18)12-14-27(24,25)22-10-8-20-9-11-22;3-2(4,5)1(6)7/h4-7,18,20H,2-3,8-15H2,1H3;(H,6,7). The zero-order chi connectivity index (χ0) is 25.4. The Hall–Kier alpha value is -2.22. The Morgan fingerprint density at radius 2 is 1.79 bits per heavy atom. The van der Waals surface area contributed by atoms with Crippen molar-refractivity contribution in [1.29, 1.82) is 0 Å². The predicted octanol–water partition coefficient (Wildman–Crippen LogP) is 1.48. The highest BCUT2D eigenvalue weighted by molar-refractivity contribution is 7.89. The summed E-state index contributed by atoms with van der Waals surface area (Å²) in [5.74, 6) is -2.95. The summed E-state index contributed by atoms with van der Waals surface area (Å²) < 4.78 is 64.2. The smallest absolute Gasteiger partial charge is 0.475 e. The second-order valence-electron chi connectivity index (χ2n) is 8.02. The number of ether oxygens (including phenoxy) is 1. The molecule has 2 aliphatic rings. The number of nitrogens with zero attached hydrogens (tertiary/aromatic N) is 2. The van der Waals surface area contributed by atoms with E-state index in [-0.39, 0.29) is 24.3 Å². The molecule has 2 fully saturated rings. The fourth-order valence-electron chi connectivity index (χ4n) is 3.47. The molecule has 2 aliphatic heterocycles. The minimum atomic E-state index is -5.08. The van der Waals surface area contributed by atoms with Gasteiger partial charge in [0.05, 0.1) is 11.9 Å². The zero-order valence-corrected chi connectivity index (χ0v) is 19.7. The molecule has 9 nitrogen and oxygen atoms in total. The number of hydrogen-bond acceptors (Lipinski definition) is 6. The minimum absolute atomic E-state index is 0.0127. The van der Waals surface area contributed by atoms with Gasteiger partial charge in [0.2, 0.25) is 10.0 Å². The Labute approximate surface area is 196 Å². The van der Waals surface area contributed by atoms with E-state index in [4.69, 9.17) is 14.6 Å². The first-order chi connectivity index (χ1) is 15.9. The number of sulfonamides is 1. The Morgan fingerprint density at radius 1 is 1.21 bits per heavy atom. The topological polar surface area (TPSA) is 116 Å². The number of carbonyl (C=O) groups is 2. The van der Waals surface area contributed by atoms with Gasteiger partial charge in [-0.1, -0.05) is 17.7 Å². The monoisotopic (exact) mass is 509 g/mol. The molecule has 2 saturated heterocycles.